The molecule has 1 fully saturated rings. The molecule has 1 saturated heterocycles. The van der Waals surface area contributed by atoms with Gasteiger partial charge in [-0.05, 0) is 13.3 Å². The molecule has 0 saturated carbocycles. The third kappa shape index (κ3) is 1.92. The van der Waals surface area contributed by atoms with Crippen LogP contribution in [0.4, 0.5) is 0 Å². The lowest BCUT2D eigenvalue weighted by atomic mass is 10.1. The van der Waals surface area contributed by atoms with Crippen LogP contribution in [-0.4, -0.2) is 39.2 Å². The summed E-state index contributed by atoms with van der Waals surface area (Å²) < 4.78 is 6.66. The van der Waals surface area contributed by atoms with Gasteiger partial charge in [-0.3, -0.25) is 9.48 Å². The third-order valence-electron chi connectivity index (χ3n) is 3.94. The van der Waals surface area contributed by atoms with E-state index in [0.29, 0.717) is 18.7 Å². The first-order chi connectivity index (χ1) is 9.61. The van der Waals surface area contributed by atoms with Gasteiger partial charge in [0.1, 0.15) is 5.56 Å². The minimum absolute atomic E-state index is 0.0132. The van der Waals surface area contributed by atoms with Crippen molar-refractivity contribution in [2.75, 3.05) is 6.61 Å². The molecular weight excluding hydrogens is 258 g/mol. The van der Waals surface area contributed by atoms with Crippen molar-refractivity contribution in [1.29, 1.82) is 0 Å². The van der Waals surface area contributed by atoms with Crippen LogP contribution in [0.15, 0.2) is 18.3 Å². The molecule has 3 rings (SSSR count). The molecule has 0 aromatic carbocycles. The standard InChI is InChI=1S/C14H17N3O3/c1-3-20-14(19)11-7-15-16(2)12(11)8-17-10-5-4-9(6-10)13(17)18/h4-5,7,9-10H,3,6,8H2,1-2H3. The number of aryl methyl sites for hydroxylation is 1. The monoisotopic (exact) mass is 275 g/mol. The molecule has 1 amide bonds. The number of aromatic nitrogens is 2. The van der Waals surface area contributed by atoms with Crippen molar-refractivity contribution in [1.82, 2.24) is 14.7 Å². The second-order valence-corrected chi connectivity index (χ2v) is 5.11. The number of ether oxygens (including phenoxy) is 1. The van der Waals surface area contributed by atoms with Gasteiger partial charge in [0.05, 0.1) is 37.0 Å². The fourth-order valence-electron chi connectivity index (χ4n) is 2.86. The molecule has 20 heavy (non-hydrogen) atoms. The van der Waals surface area contributed by atoms with E-state index in [9.17, 15) is 9.59 Å². The minimum Gasteiger partial charge on any atom is -0.462 e. The van der Waals surface area contributed by atoms with E-state index >= 15 is 0 Å². The van der Waals surface area contributed by atoms with Gasteiger partial charge in [0.25, 0.3) is 0 Å². The number of hydrogen-bond donors (Lipinski definition) is 0. The molecular formula is C14H17N3O3. The summed E-state index contributed by atoms with van der Waals surface area (Å²) in [6.45, 7) is 2.49. The van der Waals surface area contributed by atoms with Gasteiger partial charge in [-0.2, -0.15) is 5.10 Å². The maximum absolute atomic E-state index is 12.1. The van der Waals surface area contributed by atoms with E-state index in [1.807, 2.05) is 11.0 Å². The first-order valence-electron chi connectivity index (χ1n) is 6.78. The zero-order valence-electron chi connectivity index (χ0n) is 11.6. The van der Waals surface area contributed by atoms with Gasteiger partial charge in [-0.25, -0.2) is 4.79 Å². The summed E-state index contributed by atoms with van der Waals surface area (Å²) in [4.78, 5) is 25.9. The Balaban J connectivity index is 1.84. The van der Waals surface area contributed by atoms with Crippen molar-refractivity contribution in [3.05, 3.63) is 29.6 Å². The summed E-state index contributed by atoms with van der Waals surface area (Å²) in [5.41, 5.74) is 1.16. The molecule has 0 spiro atoms. The number of likely N-dealkylation sites (tertiary alicyclic amines) is 1. The molecule has 6 nitrogen and oxygen atoms in total. The Morgan fingerprint density at radius 3 is 2.95 bits per heavy atom. The maximum atomic E-state index is 12.1. The Bertz CT molecular complexity index is 590. The van der Waals surface area contributed by atoms with Crippen LogP contribution in [0, 0.1) is 5.92 Å². The Morgan fingerprint density at radius 1 is 1.50 bits per heavy atom. The average Bonchev–Trinajstić information content (AvgIpc) is 3.09. The normalized spacial score (nSPS) is 23.7. The largest absolute Gasteiger partial charge is 0.462 e. The Hall–Kier alpha value is -2.11. The van der Waals surface area contributed by atoms with Gasteiger partial charge in [0.15, 0.2) is 0 Å². The Labute approximate surface area is 117 Å². The van der Waals surface area contributed by atoms with Crippen molar-refractivity contribution in [3.63, 3.8) is 0 Å². The van der Waals surface area contributed by atoms with Crippen LogP contribution in [0.1, 0.15) is 29.4 Å². The molecule has 6 heteroatoms. The van der Waals surface area contributed by atoms with E-state index in [2.05, 4.69) is 11.2 Å². The third-order valence-corrected chi connectivity index (χ3v) is 3.94. The highest BCUT2D eigenvalue weighted by Gasteiger charge is 2.41. The SMILES string of the molecule is CCOC(=O)c1cnn(C)c1CN1C(=O)C2C=CC1C2. The predicted molar refractivity (Wildman–Crippen MR) is 70.7 cm³/mol. The Kier molecular flexibility index (Phi) is 3.08. The van der Waals surface area contributed by atoms with Crippen molar-refractivity contribution >= 4 is 11.9 Å². The summed E-state index contributed by atoms with van der Waals surface area (Å²) >= 11 is 0. The van der Waals surface area contributed by atoms with Crippen LogP contribution < -0.4 is 0 Å². The van der Waals surface area contributed by atoms with E-state index in [1.54, 1.807) is 18.7 Å². The minimum atomic E-state index is -0.386. The van der Waals surface area contributed by atoms with Gasteiger partial charge >= 0.3 is 5.97 Å². The fraction of sp³-hybridized carbons (Fsp3) is 0.500. The Morgan fingerprint density at radius 2 is 2.30 bits per heavy atom. The predicted octanol–water partition coefficient (Wildman–Crippen LogP) is 0.884. The van der Waals surface area contributed by atoms with E-state index in [-0.39, 0.29) is 23.8 Å². The summed E-state index contributed by atoms with van der Waals surface area (Å²) in [7, 11) is 1.77. The number of esters is 1. The first-order valence-corrected chi connectivity index (χ1v) is 6.78. The highest BCUT2D eigenvalue weighted by molar-refractivity contribution is 5.91. The lowest BCUT2D eigenvalue weighted by Gasteiger charge is -2.24. The summed E-state index contributed by atoms with van der Waals surface area (Å²) in [5, 5.41) is 4.11. The zero-order valence-corrected chi connectivity index (χ0v) is 11.6. The van der Waals surface area contributed by atoms with E-state index < -0.39 is 0 Å². The van der Waals surface area contributed by atoms with Crippen molar-refractivity contribution < 1.29 is 14.3 Å². The molecule has 1 aliphatic carbocycles. The van der Waals surface area contributed by atoms with E-state index in [0.717, 1.165) is 12.1 Å². The van der Waals surface area contributed by atoms with Crippen LogP contribution in [0.3, 0.4) is 0 Å². The molecule has 2 aliphatic rings. The summed E-state index contributed by atoms with van der Waals surface area (Å²) in [6, 6.07) is 0.150. The molecule has 2 bridgehead atoms. The van der Waals surface area contributed by atoms with Crippen molar-refractivity contribution in [2.24, 2.45) is 13.0 Å². The second-order valence-electron chi connectivity index (χ2n) is 5.11. The number of hydrogen-bond acceptors (Lipinski definition) is 4. The highest BCUT2D eigenvalue weighted by Crippen LogP contribution is 2.34. The fourth-order valence-corrected chi connectivity index (χ4v) is 2.86. The second kappa shape index (κ2) is 4.77. The smallest absolute Gasteiger partial charge is 0.341 e. The average molecular weight is 275 g/mol. The first kappa shape index (κ1) is 12.9. The van der Waals surface area contributed by atoms with Crippen LogP contribution in [0.5, 0.6) is 0 Å². The molecule has 106 valence electrons. The van der Waals surface area contributed by atoms with Gasteiger partial charge in [0.2, 0.25) is 5.91 Å². The molecule has 0 N–H and O–H groups in total. The summed E-state index contributed by atoms with van der Waals surface area (Å²) in [6.07, 6.45) is 6.39. The van der Waals surface area contributed by atoms with Gasteiger partial charge < -0.3 is 9.64 Å². The number of carbonyl (C=O) groups is 2. The lowest BCUT2D eigenvalue weighted by molar-refractivity contribution is -0.131. The number of nitrogens with zero attached hydrogens (tertiary/aromatic N) is 3. The molecule has 2 atom stereocenters. The van der Waals surface area contributed by atoms with Crippen LogP contribution in [-0.2, 0) is 23.1 Å². The molecule has 1 aromatic rings. The van der Waals surface area contributed by atoms with Crippen molar-refractivity contribution in [3.8, 4) is 0 Å². The molecule has 1 aliphatic heterocycles. The molecule has 1 aromatic heterocycles. The summed E-state index contributed by atoms with van der Waals surface area (Å²) in [5.74, 6) is -0.240. The number of fused-ring (bicyclic) bond motifs is 2. The lowest BCUT2D eigenvalue weighted by Crippen LogP contribution is -2.35. The van der Waals surface area contributed by atoms with Crippen LogP contribution in [0.25, 0.3) is 0 Å². The van der Waals surface area contributed by atoms with E-state index in [4.69, 9.17) is 4.74 Å². The zero-order chi connectivity index (χ0) is 14.3. The van der Waals surface area contributed by atoms with Crippen LogP contribution >= 0.6 is 0 Å². The van der Waals surface area contributed by atoms with Gasteiger partial charge in [-0.1, -0.05) is 12.2 Å². The van der Waals surface area contributed by atoms with E-state index in [1.165, 1.54) is 6.20 Å². The highest BCUT2D eigenvalue weighted by atomic mass is 16.5. The molecule has 2 unspecified atom stereocenters. The van der Waals surface area contributed by atoms with Gasteiger partial charge in [0, 0.05) is 7.05 Å². The van der Waals surface area contributed by atoms with Crippen molar-refractivity contribution in [2.45, 2.75) is 25.9 Å². The van der Waals surface area contributed by atoms with Crippen LogP contribution in [0.2, 0.25) is 0 Å². The quantitative estimate of drug-likeness (QED) is 0.604. The molecule has 2 heterocycles. The number of amides is 1. The molecule has 0 radical (unpaired) electrons. The topological polar surface area (TPSA) is 64.4 Å². The van der Waals surface area contributed by atoms with Gasteiger partial charge in [-0.15, -0.1) is 0 Å². The maximum Gasteiger partial charge on any atom is 0.341 e. The number of carbonyl (C=O) groups excluding carboxylic acids is 2. The number of rotatable bonds is 4.